The van der Waals surface area contributed by atoms with Gasteiger partial charge < -0.3 is 10.4 Å². The van der Waals surface area contributed by atoms with Crippen LogP contribution in [0.5, 0.6) is 0 Å². The van der Waals surface area contributed by atoms with Gasteiger partial charge in [-0.3, -0.25) is 9.59 Å². The van der Waals surface area contributed by atoms with E-state index in [-0.39, 0.29) is 12.3 Å². The summed E-state index contributed by atoms with van der Waals surface area (Å²) < 4.78 is 0. The van der Waals surface area contributed by atoms with Crippen LogP contribution in [0.3, 0.4) is 0 Å². The highest BCUT2D eigenvalue weighted by Gasteiger charge is 2.31. The van der Waals surface area contributed by atoms with Gasteiger partial charge in [0.2, 0.25) is 5.91 Å². The molecule has 0 heterocycles. The van der Waals surface area contributed by atoms with Gasteiger partial charge >= 0.3 is 5.97 Å². The Morgan fingerprint density at radius 3 is 2.28 bits per heavy atom. The summed E-state index contributed by atoms with van der Waals surface area (Å²) in [6.07, 6.45) is 6.59. The van der Waals surface area contributed by atoms with Crippen molar-refractivity contribution in [2.24, 2.45) is 5.92 Å². The van der Waals surface area contributed by atoms with Gasteiger partial charge in [-0.2, -0.15) is 0 Å². The Hall–Kier alpha value is -1.06. The van der Waals surface area contributed by atoms with Crippen LogP contribution < -0.4 is 5.32 Å². The highest BCUT2D eigenvalue weighted by Crippen LogP contribution is 2.30. The van der Waals surface area contributed by atoms with Crippen LogP contribution in [-0.2, 0) is 9.59 Å². The number of aliphatic carboxylic acids is 1. The molecule has 0 aromatic heterocycles. The third kappa shape index (κ3) is 4.31. The van der Waals surface area contributed by atoms with Crippen LogP contribution in [0.25, 0.3) is 0 Å². The van der Waals surface area contributed by atoms with E-state index in [1.54, 1.807) is 0 Å². The van der Waals surface area contributed by atoms with Crippen LogP contribution in [0, 0.1) is 5.92 Å². The van der Waals surface area contributed by atoms with Gasteiger partial charge in [0.1, 0.15) is 0 Å². The average Bonchev–Trinajstić information content (AvgIpc) is 2.25. The fourth-order valence-electron chi connectivity index (χ4n) is 2.49. The molecule has 0 aliphatic heterocycles. The summed E-state index contributed by atoms with van der Waals surface area (Å²) in [5, 5.41) is 11.9. The van der Waals surface area contributed by atoms with Crippen molar-refractivity contribution in [2.75, 3.05) is 0 Å². The van der Waals surface area contributed by atoms with Crippen LogP contribution >= 0.6 is 0 Å². The van der Waals surface area contributed by atoms with Gasteiger partial charge in [0.15, 0.2) is 0 Å². The first-order valence-corrected chi connectivity index (χ1v) is 7.04. The number of hydrogen-bond acceptors (Lipinski definition) is 2. The zero-order valence-electron chi connectivity index (χ0n) is 11.5. The molecule has 18 heavy (non-hydrogen) atoms. The van der Waals surface area contributed by atoms with E-state index in [0.717, 1.165) is 6.42 Å². The molecule has 1 amide bonds. The Morgan fingerprint density at radius 1 is 1.28 bits per heavy atom. The fraction of sp³-hybridized carbons (Fsp3) is 0.857. The third-order valence-electron chi connectivity index (χ3n) is 4.25. The lowest BCUT2D eigenvalue weighted by atomic mass is 9.82. The molecule has 1 aliphatic rings. The number of carbonyl (C=O) groups is 2. The maximum atomic E-state index is 11.9. The standard InChI is InChI=1S/C14H25NO3/c1-3-14(4-2,10-13(17)18)15-12(16)9-8-11-6-5-7-11/h11H,3-10H2,1-2H3,(H,15,16)(H,17,18). The Kier molecular flexibility index (Phi) is 5.63. The number of rotatable bonds is 8. The smallest absolute Gasteiger partial charge is 0.305 e. The Bertz CT molecular complexity index is 293. The molecule has 1 rings (SSSR count). The van der Waals surface area contributed by atoms with E-state index >= 15 is 0 Å². The topological polar surface area (TPSA) is 66.4 Å². The van der Waals surface area contributed by atoms with Crippen molar-refractivity contribution < 1.29 is 14.7 Å². The lowest BCUT2D eigenvalue weighted by Crippen LogP contribution is -2.49. The van der Waals surface area contributed by atoms with Crippen molar-refractivity contribution in [2.45, 2.75) is 70.8 Å². The van der Waals surface area contributed by atoms with E-state index in [0.29, 0.717) is 25.2 Å². The van der Waals surface area contributed by atoms with E-state index in [4.69, 9.17) is 5.11 Å². The fourth-order valence-corrected chi connectivity index (χ4v) is 2.49. The Labute approximate surface area is 109 Å². The van der Waals surface area contributed by atoms with Gasteiger partial charge in [0.25, 0.3) is 0 Å². The molecule has 4 heteroatoms. The second-order valence-electron chi connectivity index (χ2n) is 5.44. The first-order chi connectivity index (χ1) is 8.51. The minimum atomic E-state index is -0.849. The Balaban J connectivity index is 2.42. The van der Waals surface area contributed by atoms with Crippen molar-refractivity contribution in [3.63, 3.8) is 0 Å². The van der Waals surface area contributed by atoms with Crippen molar-refractivity contribution in [3.05, 3.63) is 0 Å². The molecule has 0 bridgehead atoms. The van der Waals surface area contributed by atoms with Crippen molar-refractivity contribution in [3.8, 4) is 0 Å². The summed E-state index contributed by atoms with van der Waals surface area (Å²) in [4.78, 5) is 22.8. The van der Waals surface area contributed by atoms with Gasteiger partial charge in [-0.25, -0.2) is 0 Å². The number of hydrogen-bond donors (Lipinski definition) is 2. The summed E-state index contributed by atoms with van der Waals surface area (Å²) in [5.41, 5.74) is -0.567. The Morgan fingerprint density at radius 2 is 1.89 bits per heavy atom. The largest absolute Gasteiger partial charge is 0.481 e. The number of carboxylic acids is 1. The van der Waals surface area contributed by atoms with Crippen LogP contribution in [-0.4, -0.2) is 22.5 Å². The molecule has 0 aromatic rings. The average molecular weight is 255 g/mol. The predicted molar refractivity (Wildman–Crippen MR) is 70.3 cm³/mol. The molecular formula is C14H25NO3. The summed E-state index contributed by atoms with van der Waals surface area (Å²) in [7, 11) is 0. The maximum absolute atomic E-state index is 11.9. The highest BCUT2D eigenvalue weighted by molar-refractivity contribution is 5.78. The van der Waals surface area contributed by atoms with E-state index in [2.05, 4.69) is 5.32 Å². The van der Waals surface area contributed by atoms with E-state index in [1.165, 1.54) is 19.3 Å². The van der Waals surface area contributed by atoms with Crippen molar-refractivity contribution in [1.82, 2.24) is 5.32 Å². The van der Waals surface area contributed by atoms with Crippen molar-refractivity contribution >= 4 is 11.9 Å². The zero-order chi connectivity index (χ0) is 13.6. The summed E-state index contributed by atoms with van der Waals surface area (Å²) in [6.45, 7) is 3.86. The van der Waals surface area contributed by atoms with Gasteiger partial charge in [-0.1, -0.05) is 33.1 Å². The summed E-state index contributed by atoms with van der Waals surface area (Å²) >= 11 is 0. The molecule has 4 nitrogen and oxygen atoms in total. The van der Waals surface area contributed by atoms with Gasteiger partial charge in [-0.15, -0.1) is 0 Å². The molecular weight excluding hydrogens is 230 g/mol. The second-order valence-corrected chi connectivity index (χ2v) is 5.44. The van der Waals surface area contributed by atoms with Gasteiger partial charge in [0.05, 0.1) is 6.42 Å². The van der Waals surface area contributed by atoms with Crippen molar-refractivity contribution in [1.29, 1.82) is 0 Å². The number of amides is 1. The van der Waals surface area contributed by atoms with Gasteiger partial charge in [0, 0.05) is 12.0 Å². The number of carbonyl (C=O) groups excluding carboxylic acids is 1. The lowest BCUT2D eigenvalue weighted by Gasteiger charge is -2.32. The molecule has 0 saturated heterocycles. The minimum absolute atomic E-state index is 0.00634. The quantitative estimate of drug-likeness (QED) is 0.700. The highest BCUT2D eigenvalue weighted by atomic mass is 16.4. The zero-order valence-corrected chi connectivity index (χ0v) is 11.5. The molecule has 0 radical (unpaired) electrons. The summed E-state index contributed by atoms with van der Waals surface area (Å²) in [6, 6.07) is 0. The molecule has 1 aliphatic carbocycles. The molecule has 0 unspecified atom stereocenters. The van der Waals surface area contributed by atoms with E-state index in [9.17, 15) is 9.59 Å². The van der Waals surface area contributed by atoms with Crippen LogP contribution in [0.15, 0.2) is 0 Å². The molecule has 0 atom stereocenters. The second kappa shape index (κ2) is 6.76. The third-order valence-corrected chi connectivity index (χ3v) is 4.25. The molecule has 1 fully saturated rings. The predicted octanol–water partition coefficient (Wildman–Crippen LogP) is 2.72. The molecule has 0 spiro atoms. The number of nitrogens with one attached hydrogen (secondary N) is 1. The molecule has 2 N–H and O–H groups in total. The lowest BCUT2D eigenvalue weighted by molar-refractivity contribution is -0.139. The van der Waals surface area contributed by atoms with E-state index in [1.807, 2.05) is 13.8 Å². The SMILES string of the molecule is CCC(CC)(CC(=O)O)NC(=O)CCC1CCC1. The number of carboxylic acid groups (broad SMARTS) is 1. The molecule has 0 aromatic carbocycles. The summed E-state index contributed by atoms with van der Waals surface area (Å²) in [5.74, 6) is -0.127. The van der Waals surface area contributed by atoms with Crippen LogP contribution in [0.4, 0.5) is 0 Å². The van der Waals surface area contributed by atoms with Crippen LogP contribution in [0.1, 0.15) is 65.2 Å². The van der Waals surface area contributed by atoms with Gasteiger partial charge in [-0.05, 0) is 25.2 Å². The minimum Gasteiger partial charge on any atom is -0.481 e. The first-order valence-electron chi connectivity index (χ1n) is 7.04. The van der Waals surface area contributed by atoms with E-state index < -0.39 is 11.5 Å². The first kappa shape index (κ1) is 15.0. The normalized spacial score (nSPS) is 16.1. The maximum Gasteiger partial charge on any atom is 0.305 e. The molecule has 1 saturated carbocycles. The molecule has 104 valence electrons. The monoisotopic (exact) mass is 255 g/mol. The van der Waals surface area contributed by atoms with Crippen LogP contribution in [0.2, 0.25) is 0 Å².